The van der Waals surface area contributed by atoms with Gasteiger partial charge in [-0.2, -0.15) is 0 Å². The predicted octanol–water partition coefficient (Wildman–Crippen LogP) is 13.2. The SMILES string of the molecule is [2H]c1c([2H])c([2H])c(-c2cccc(-c3c([2H])c([2H])c([2H])c([2H])c3[2H])c2-[n+]2[c-]n(-c3cccc(Oc4ccc5c6ccccc6n(-c6cccc(C(C)(C)C)c6)c5c4)c3)c3ccccc32)c([2H])c1[2H]. The van der Waals surface area contributed by atoms with Crippen molar-refractivity contribution in [3.05, 3.63) is 206 Å². The van der Waals surface area contributed by atoms with Crippen molar-refractivity contribution >= 4 is 32.8 Å². The zero-order valence-corrected chi connectivity index (χ0v) is 31.5. The number of aromatic nitrogens is 3. The Balaban J connectivity index is 1.15. The van der Waals surface area contributed by atoms with Crippen LogP contribution in [0, 0.1) is 6.33 Å². The Labute approximate surface area is 347 Å². The summed E-state index contributed by atoms with van der Waals surface area (Å²) in [7, 11) is 0. The van der Waals surface area contributed by atoms with Crippen molar-refractivity contribution < 1.29 is 23.0 Å². The highest BCUT2D eigenvalue weighted by atomic mass is 16.5. The smallest absolute Gasteiger partial charge is 0.269 e. The van der Waals surface area contributed by atoms with Gasteiger partial charge in [-0.25, -0.2) is 0 Å². The first kappa shape index (κ1) is 25.1. The van der Waals surface area contributed by atoms with Crippen molar-refractivity contribution in [1.29, 1.82) is 0 Å². The molecule has 0 aliphatic rings. The lowest BCUT2D eigenvalue weighted by atomic mass is 9.87. The summed E-state index contributed by atoms with van der Waals surface area (Å²) in [5.41, 5.74) is 6.43. The number of benzene rings is 8. The molecular weight excluding hydrogens is 695 g/mol. The Kier molecular flexibility index (Phi) is 6.09. The van der Waals surface area contributed by atoms with Crippen molar-refractivity contribution in [3.8, 4) is 50.8 Å². The molecule has 0 N–H and O–H groups in total. The Morgan fingerprint density at radius 1 is 0.544 bits per heavy atom. The molecule has 274 valence electrons. The molecular formula is C53H41N3O. The van der Waals surface area contributed by atoms with Crippen LogP contribution in [0.5, 0.6) is 11.5 Å². The van der Waals surface area contributed by atoms with Gasteiger partial charge in [-0.3, -0.25) is 9.13 Å². The first-order chi connectivity index (χ1) is 32.0. The van der Waals surface area contributed by atoms with Crippen LogP contribution < -0.4 is 9.30 Å². The third-order valence-electron chi connectivity index (χ3n) is 10.3. The summed E-state index contributed by atoms with van der Waals surface area (Å²) < 4.78 is 99.2. The summed E-state index contributed by atoms with van der Waals surface area (Å²) in [6.07, 6.45) is 3.44. The minimum atomic E-state index is -0.562. The van der Waals surface area contributed by atoms with E-state index < -0.39 is 60.4 Å². The maximum Gasteiger partial charge on any atom is 0.269 e. The average molecular weight is 746 g/mol. The minimum Gasteiger partial charge on any atom is -0.458 e. The van der Waals surface area contributed by atoms with Crippen LogP contribution in [0.2, 0.25) is 0 Å². The molecule has 0 aliphatic heterocycles. The molecule has 57 heavy (non-hydrogen) atoms. The van der Waals surface area contributed by atoms with E-state index in [0.29, 0.717) is 28.2 Å². The van der Waals surface area contributed by atoms with E-state index in [1.165, 1.54) is 5.56 Å². The number of rotatable bonds is 7. The van der Waals surface area contributed by atoms with E-state index in [1.807, 2.05) is 72.8 Å². The molecule has 0 radical (unpaired) electrons. The van der Waals surface area contributed by atoms with E-state index in [9.17, 15) is 0 Å². The van der Waals surface area contributed by atoms with Crippen LogP contribution in [0.15, 0.2) is 194 Å². The number of imidazole rings is 1. The van der Waals surface area contributed by atoms with Gasteiger partial charge in [0.2, 0.25) is 0 Å². The molecule has 0 fully saturated rings. The molecule has 4 nitrogen and oxygen atoms in total. The first-order valence-electron chi connectivity index (χ1n) is 23.7. The summed E-state index contributed by atoms with van der Waals surface area (Å²) in [5.74, 6) is 1.15. The van der Waals surface area contributed by atoms with E-state index in [2.05, 4.69) is 74.1 Å². The van der Waals surface area contributed by atoms with E-state index >= 15 is 0 Å². The Bertz CT molecular complexity index is 3540. The molecule has 10 aromatic rings. The lowest BCUT2D eigenvalue weighted by Crippen LogP contribution is -2.31. The molecule has 0 atom stereocenters. The quantitative estimate of drug-likeness (QED) is 0.118. The molecule has 10 rings (SSSR count). The fraction of sp³-hybridized carbons (Fsp3) is 0.0755. The van der Waals surface area contributed by atoms with Crippen molar-refractivity contribution in [2.75, 3.05) is 0 Å². The van der Waals surface area contributed by atoms with Crippen molar-refractivity contribution in [2.24, 2.45) is 0 Å². The third-order valence-corrected chi connectivity index (χ3v) is 10.3. The zero-order valence-electron chi connectivity index (χ0n) is 41.5. The largest absolute Gasteiger partial charge is 0.458 e. The fourth-order valence-corrected chi connectivity index (χ4v) is 7.60. The van der Waals surface area contributed by atoms with Crippen LogP contribution in [0.25, 0.3) is 72.2 Å². The molecule has 2 aromatic heterocycles. The zero-order chi connectivity index (χ0) is 47.2. The summed E-state index contributed by atoms with van der Waals surface area (Å²) in [6.45, 7) is 6.62. The van der Waals surface area contributed by atoms with Gasteiger partial charge in [0.05, 0.1) is 47.1 Å². The second-order valence-electron chi connectivity index (χ2n) is 14.9. The second-order valence-corrected chi connectivity index (χ2v) is 14.9. The Morgan fingerprint density at radius 2 is 1.16 bits per heavy atom. The number of para-hydroxylation sites is 4. The summed E-state index contributed by atoms with van der Waals surface area (Å²) in [6, 6.07) is 37.6. The summed E-state index contributed by atoms with van der Waals surface area (Å²) in [4.78, 5) is 0. The van der Waals surface area contributed by atoms with E-state index in [-0.39, 0.29) is 33.4 Å². The first-order valence-corrected chi connectivity index (χ1v) is 18.7. The molecule has 0 unspecified atom stereocenters. The maximum absolute atomic E-state index is 8.99. The Morgan fingerprint density at radius 3 is 1.89 bits per heavy atom. The number of ether oxygens (including phenoxy) is 1. The van der Waals surface area contributed by atoms with Crippen LogP contribution in [0.4, 0.5) is 0 Å². The molecule has 0 saturated carbocycles. The minimum absolute atomic E-state index is 0.0455. The average Bonchev–Trinajstić information content (AvgIpc) is 3.87. The van der Waals surface area contributed by atoms with Crippen LogP contribution >= 0.6 is 0 Å². The molecule has 0 spiro atoms. The molecule has 0 saturated heterocycles. The molecule has 8 aromatic carbocycles. The summed E-state index contributed by atoms with van der Waals surface area (Å²) in [5, 5.41) is 2.21. The van der Waals surface area contributed by atoms with Gasteiger partial charge in [0, 0.05) is 22.5 Å². The van der Waals surface area contributed by atoms with Gasteiger partial charge in [-0.15, -0.1) is 0 Å². The molecule has 0 amide bonds. The standard InChI is InChI=1S/C53H41N3O/c1-53(2,3)39-21-14-23-41(33-39)56-48-28-11-10-25-46(48)47-32-31-43(35-51(47)56)57-42-24-15-22-40(34-42)54-36-55(50-30-13-12-29-49(50)54)52-44(37-17-6-4-7-18-37)26-16-27-45(52)38-19-8-5-9-20-38/h4-35H,1-3H3/i4D,5D,6D,7D,8D,9D,17D,18D,19D,20D. The topological polar surface area (TPSA) is 23.0 Å². The molecule has 0 bridgehead atoms. The second kappa shape index (κ2) is 13.8. The fourth-order valence-electron chi connectivity index (χ4n) is 7.60. The highest BCUT2D eigenvalue weighted by molar-refractivity contribution is 6.09. The van der Waals surface area contributed by atoms with E-state index in [4.69, 9.17) is 18.4 Å². The van der Waals surface area contributed by atoms with Gasteiger partial charge in [-0.1, -0.05) is 160 Å². The normalized spacial score (nSPS) is 14.2. The van der Waals surface area contributed by atoms with Crippen LogP contribution in [-0.2, 0) is 5.41 Å². The predicted molar refractivity (Wildman–Crippen MR) is 234 cm³/mol. The number of hydrogen-bond donors (Lipinski definition) is 0. The van der Waals surface area contributed by atoms with Gasteiger partial charge in [0.25, 0.3) is 6.33 Å². The van der Waals surface area contributed by atoms with Crippen LogP contribution in [0.3, 0.4) is 0 Å². The number of nitrogens with zero attached hydrogens (tertiary/aromatic N) is 3. The van der Waals surface area contributed by atoms with E-state index in [1.54, 1.807) is 27.3 Å². The van der Waals surface area contributed by atoms with Gasteiger partial charge >= 0.3 is 0 Å². The Hall–Kier alpha value is -7.17. The summed E-state index contributed by atoms with van der Waals surface area (Å²) >= 11 is 0. The lowest BCUT2D eigenvalue weighted by Gasteiger charge is -2.20. The van der Waals surface area contributed by atoms with Crippen LogP contribution in [-0.4, -0.2) is 9.13 Å². The lowest BCUT2D eigenvalue weighted by molar-refractivity contribution is -0.571. The molecule has 2 heterocycles. The van der Waals surface area contributed by atoms with Gasteiger partial charge in [0.1, 0.15) is 11.5 Å². The highest BCUT2D eigenvalue weighted by Crippen LogP contribution is 2.38. The maximum atomic E-state index is 8.99. The third kappa shape index (κ3) is 6.16. The molecule has 0 aliphatic carbocycles. The number of hydrogen-bond acceptors (Lipinski definition) is 1. The molecule has 4 heteroatoms. The van der Waals surface area contributed by atoms with Crippen molar-refractivity contribution in [1.82, 2.24) is 9.13 Å². The van der Waals surface area contributed by atoms with Crippen LogP contribution in [0.1, 0.15) is 40.0 Å². The van der Waals surface area contributed by atoms with E-state index in [0.717, 1.165) is 27.5 Å². The highest BCUT2D eigenvalue weighted by Gasteiger charge is 2.21. The van der Waals surface area contributed by atoms with Gasteiger partial charge in [-0.05, 0) is 81.8 Å². The van der Waals surface area contributed by atoms with Crippen molar-refractivity contribution in [3.63, 3.8) is 0 Å². The number of fused-ring (bicyclic) bond motifs is 4. The monoisotopic (exact) mass is 745 g/mol. The van der Waals surface area contributed by atoms with Gasteiger partial charge < -0.3 is 9.30 Å². The van der Waals surface area contributed by atoms with Crippen molar-refractivity contribution in [2.45, 2.75) is 26.2 Å². The van der Waals surface area contributed by atoms with Gasteiger partial charge in [0.15, 0.2) is 0 Å².